The molecule has 1 aromatic heterocycles. The minimum atomic E-state index is 0.0787. The number of rotatable bonds is 3. The molecule has 0 saturated carbocycles. The van der Waals surface area contributed by atoms with Crippen molar-refractivity contribution < 1.29 is 4.79 Å². The highest BCUT2D eigenvalue weighted by Gasteiger charge is 2.26. The molecule has 1 aliphatic rings. The van der Waals surface area contributed by atoms with E-state index in [-0.39, 0.29) is 5.91 Å². The van der Waals surface area contributed by atoms with Gasteiger partial charge in [-0.3, -0.25) is 4.79 Å². The number of nitrogens with two attached hydrogens (primary N) is 1. The zero-order valence-corrected chi connectivity index (χ0v) is 10.9. The fourth-order valence-corrected chi connectivity index (χ4v) is 2.91. The summed E-state index contributed by atoms with van der Waals surface area (Å²) in [5, 5.41) is 3.99. The summed E-state index contributed by atoms with van der Waals surface area (Å²) in [4.78, 5) is 14.9. The predicted molar refractivity (Wildman–Crippen MR) is 67.0 cm³/mol. The van der Waals surface area contributed by atoms with E-state index in [9.17, 15) is 4.79 Å². The first kappa shape index (κ1) is 12.4. The fraction of sp³-hybridized carbons (Fsp3) is 0.727. The molecule has 0 radical (unpaired) electrons. The zero-order chi connectivity index (χ0) is 12.3. The maximum atomic E-state index is 12.3. The minimum Gasteiger partial charge on any atom is -0.338 e. The average Bonchev–Trinajstić information content (AvgIpc) is 2.86. The number of hydrogen-bond donors (Lipinski definition) is 1. The highest BCUT2D eigenvalue weighted by Crippen LogP contribution is 2.20. The van der Waals surface area contributed by atoms with Crippen molar-refractivity contribution in [3.05, 3.63) is 10.6 Å². The summed E-state index contributed by atoms with van der Waals surface area (Å²) in [6.45, 7) is 4.25. The second kappa shape index (κ2) is 5.55. The lowest BCUT2D eigenvalue weighted by Gasteiger charge is -2.31. The highest BCUT2D eigenvalue weighted by molar-refractivity contribution is 7.08. The van der Waals surface area contributed by atoms with Crippen molar-refractivity contribution in [2.24, 2.45) is 11.7 Å². The molecule has 0 spiro atoms. The van der Waals surface area contributed by atoms with Gasteiger partial charge in [-0.05, 0) is 43.3 Å². The number of nitrogens with zero attached hydrogens (tertiary/aromatic N) is 3. The molecule has 1 atom stereocenters. The molecule has 6 heteroatoms. The molecule has 0 bridgehead atoms. The van der Waals surface area contributed by atoms with E-state index in [1.807, 2.05) is 11.8 Å². The van der Waals surface area contributed by atoms with Crippen LogP contribution in [0.1, 0.15) is 35.1 Å². The standard InChI is InChI=1S/C11H18N4OS/c1-2-9-10(17-14-13-9)11(16)15-5-3-4-8(6-12)7-15/h8H,2-7,12H2,1H3. The van der Waals surface area contributed by atoms with Gasteiger partial charge in [-0.1, -0.05) is 11.4 Å². The maximum Gasteiger partial charge on any atom is 0.267 e. The molecule has 2 rings (SSSR count). The summed E-state index contributed by atoms with van der Waals surface area (Å²) in [5.74, 6) is 0.522. The van der Waals surface area contributed by atoms with Gasteiger partial charge in [0.05, 0.1) is 5.69 Å². The van der Waals surface area contributed by atoms with Crippen LogP contribution in [0.3, 0.4) is 0 Å². The monoisotopic (exact) mass is 254 g/mol. The van der Waals surface area contributed by atoms with Gasteiger partial charge in [0, 0.05) is 13.1 Å². The van der Waals surface area contributed by atoms with E-state index in [0.717, 1.165) is 38.0 Å². The van der Waals surface area contributed by atoms with Gasteiger partial charge in [-0.25, -0.2) is 0 Å². The number of aromatic nitrogens is 2. The number of hydrogen-bond acceptors (Lipinski definition) is 5. The Balaban J connectivity index is 2.09. The summed E-state index contributed by atoms with van der Waals surface area (Å²) in [6, 6.07) is 0. The number of carbonyl (C=O) groups excluding carboxylic acids is 1. The van der Waals surface area contributed by atoms with Gasteiger partial charge in [0.2, 0.25) is 0 Å². The molecule has 1 fully saturated rings. The molecule has 1 amide bonds. The lowest BCUT2D eigenvalue weighted by Crippen LogP contribution is -2.42. The lowest BCUT2D eigenvalue weighted by atomic mass is 9.98. The third-order valence-corrected chi connectivity index (χ3v) is 3.98. The van der Waals surface area contributed by atoms with Crippen LogP contribution in [0.2, 0.25) is 0 Å². The minimum absolute atomic E-state index is 0.0787. The predicted octanol–water partition coefficient (Wildman–Crippen LogP) is 0.911. The van der Waals surface area contributed by atoms with E-state index < -0.39 is 0 Å². The topological polar surface area (TPSA) is 72.1 Å². The van der Waals surface area contributed by atoms with Crippen LogP contribution in [-0.2, 0) is 6.42 Å². The van der Waals surface area contributed by atoms with E-state index in [2.05, 4.69) is 9.59 Å². The van der Waals surface area contributed by atoms with Gasteiger partial charge in [0.1, 0.15) is 4.88 Å². The number of piperidine rings is 1. The second-order valence-corrected chi connectivity index (χ2v) is 5.15. The third kappa shape index (κ3) is 2.63. The molecule has 94 valence electrons. The number of carbonyl (C=O) groups is 1. The summed E-state index contributed by atoms with van der Waals surface area (Å²) >= 11 is 1.20. The van der Waals surface area contributed by atoms with Crippen LogP contribution in [0.25, 0.3) is 0 Å². The summed E-state index contributed by atoms with van der Waals surface area (Å²) in [5.41, 5.74) is 6.50. The molecule has 2 heterocycles. The molecule has 5 nitrogen and oxygen atoms in total. The van der Waals surface area contributed by atoms with Gasteiger partial charge >= 0.3 is 0 Å². The Bertz CT molecular complexity index is 393. The Morgan fingerprint density at radius 2 is 2.47 bits per heavy atom. The number of amides is 1. The van der Waals surface area contributed by atoms with Crippen LogP contribution in [0.4, 0.5) is 0 Å². The van der Waals surface area contributed by atoms with E-state index in [4.69, 9.17) is 5.73 Å². The van der Waals surface area contributed by atoms with E-state index in [0.29, 0.717) is 17.3 Å². The first-order chi connectivity index (χ1) is 8.26. The van der Waals surface area contributed by atoms with Crippen molar-refractivity contribution in [1.82, 2.24) is 14.5 Å². The van der Waals surface area contributed by atoms with E-state index in [1.165, 1.54) is 11.5 Å². The van der Waals surface area contributed by atoms with Crippen molar-refractivity contribution >= 4 is 17.4 Å². The van der Waals surface area contributed by atoms with Gasteiger partial charge in [0.15, 0.2) is 0 Å². The summed E-state index contributed by atoms with van der Waals surface area (Å²) < 4.78 is 3.87. The SMILES string of the molecule is CCc1nnsc1C(=O)N1CCCC(CN)C1. The first-order valence-electron chi connectivity index (χ1n) is 6.06. The molecule has 1 aliphatic heterocycles. The molecular weight excluding hydrogens is 236 g/mol. The molecule has 2 N–H and O–H groups in total. The number of likely N-dealkylation sites (tertiary alicyclic amines) is 1. The highest BCUT2D eigenvalue weighted by atomic mass is 32.1. The summed E-state index contributed by atoms with van der Waals surface area (Å²) in [7, 11) is 0. The van der Waals surface area contributed by atoms with Gasteiger partial charge in [-0.2, -0.15) is 0 Å². The van der Waals surface area contributed by atoms with Crippen molar-refractivity contribution in [2.75, 3.05) is 19.6 Å². The van der Waals surface area contributed by atoms with Crippen LogP contribution in [0.5, 0.6) is 0 Å². The normalized spacial score (nSPS) is 20.6. The van der Waals surface area contributed by atoms with Crippen LogP contribution >= 0.6 is 11.5 Å². The second-order valence-electron chi connectivity index (χ2n) is 4.40. The van der Waals surface area contributed by atoms with Gasteiger partial charge in [0.25, 0.3) is 5.91 Å². The van der Waals surface area contributed by atoms with Crippen molar-refractivity contribution in [3.63, 3.8) is 0 Å². The maximum absolute atomic E-state index is 12.3. The quantitative estimate of drug-likeness (QED) is 0.870. The molecule has 17 heavy (non-hydrogen) atoms. The average molecular weight is 254 g/mol. The van der Waals surface area contributed by atoms with E-state index in [1.54, 1.807) is 0 Å². The zero-order valence-electron chi connectivity index (χ0n) is 10.1. The number of aryl methyl sites for hydroxylation is 1. The first-order valence-corrected chi connectivity index (χ1v) is 6.84. The van der Waals surface area contributed by atoms with Crippen LogP contribution in [0.15, 0.2) is 0 Å². The molecule has 1 saturated heterocycles. The fourth-order valence-electron chi connectivity index (χ4n) is 2.19. The molecule has 1 aromatic rings. The Hall–Kier alpha value is -1.01. The molecule has 0 aliphatic carbocycles. The van der Waals surface area contributed by atoms with Gasteiger partial charge < -0.3 is 10.6 Å². The third-order valence-electron chi connectivity index (χ3n) is 3.22. The Morgan fingerprint density at radius 1 is 1.65 bits per heavy atom. The molecular formula is C11H18N4OS. The van der Waals surface area contributed by atoms with Crippen LogP contribution in [-0.4, -0.2) is 40.0 Å². The van der Waals surface area contributed by atoms with Crippen molar-refractivity contribution in [3.8, 4) is 0 Å². The van der Waals surface area contributed by atoms with E-state index >= 15 is 0 Å². The van der Waals surface area contributed by atoms with Crippen LogP contribution in [0, 0.1) is 5.92 Å². The van der Waals surface area contributed by atoms with Crippen molar-refractivity contribution in [1.29, 1.82) is 0 Å². The van der Waals surface area contributed by atoms with Gasteiger partial charge in [-0.15, -0.1) is 5.10 Å². The lowest BCUT2D eigenvalue weighted by molar-refractivity contribution is 0.0682. The van der Waals surface area contributed by atoms with Crippen molar-refractivity contribution in [2.45, 2.75) is 26.2 Å². The molecule has 0 aromatic carbocycles. The Labute approximate surface area is 105 Å². The Kier molecular flexibility index (Phi) is 4.06. The van der Waals surface area contributed by atoms with Crippen LogP contribution < -0.4 is 5.73 Å². The summed E-state index contributed by atoms with van der Waals surface area (Å²) in [6.07, 6.45) is 2.93. The molecule has 1 unspecified atom stereocenters. The smallest absolute Gasteiger partial charge is 0.267 e. The largest absolute Gasteiger partial charge is 0.338 e. The Morgan fingerprint density at radius 3 is 3.18 bits per heavy atom.